The van der Waals surface area contributed by atoms with Crippen LogP contribution in [0.5, 0.6) is 0 Å². The lowest BCUT2D eigenvalue weighted by molar-refractivity contribution is 0.630. The molecule has 6 aromatic carbocycles. The van der Waals surface area contributed by atoms with Crippen molar-refractivity contribution in [2.45, 2.75) is 33.1 Å². The molecular formula is C41H35N3. The molecule has 0 unspecified atom stereocenters. The second kappa shape index (κ2) is 9.89. The van der Waals surface area contributed by atoms with Gasteiger partial charge in [-0.25, -0.2) is 0 Å². The van der Waals surface area contributed by atoms with E-state index in [9.17, 15) is 0 Å². The highest BCUT2D eigenvalue weighted by Gasteiger charge is 2.41. The quantitative estimate of drug-likeness (QED) is 0.210. The van der Waals surface area contributed by atoms with Gasteiger partial charge in [0.1, 0.15) is 0 Å². The summed E-state index contributed by atoms with van der Waals surface area (Å²) in [6.07, 6.45) is 0. The largest absolute Gasteiger partial charge is 0.310 e. The summed E-state index contributed by atoms with van der Waals surface area (Å²) in [5, 5.41) is 2.52. The Morgan fingerprint density at radius 1 is 0.500 bits per heavy atom. The summed E-state index contributed by atoms with van der Waals surface area (Å²) in [6, 6.07) is 50.8. The molecule has 3 heterocycles. The summed E-state index contributed by atoms with van der Waals surface area (Å²) in [4.78, 5) is 4.91. The van der Waals surface area contributed by atoms with Crippen LogP contribution < -0.4 is 9.80 Å². The summed E-state index contributed by atoms with van der Waals surface area (Å²) in [5.41, 5.74) is 13.4. The molecular weight excluding hydrogens is 534 g/mol. The van der Waals surface area contributed by atoms with E-state index in [1.54, 1.807) is 0 Å². The molecule has 9 rings (SSSR count). The van der Waals surface area contributed by atoms with E-state index in [4.69, 9.17) is 0 Å². The van der Waals surface area contributed by atoms with Crippen LogP contribution in [0.25, 0.3) is 27.5 Å². The molecule has 3 heteroatoms. The topological polar surface area (TPSA) is 11.4 Å². The zero-order chi connectivity index (χ0) is 30.0. The fraction of sp³-hybridized carbons (Fsp3) is 0.122. The van der Waals surface area contributed by atoms with Crippen molar-refractivity contribution < 1.29 is 0 Å². The molecule has 0 aliphatic carbocycles. The minimum atomic E-state index is -0.129. The molecule has 0 N–H and O–H groups in total. The van der Waals surface area contributed by atoms with Crippen LogP contribution in [0.2, 0.25) is 0 Å². The molecule has 2 aliphatic rings. The molecule has 2 aliphatic heterocycles. The number of fused-ring (bicyclic) bond motifs is 7. The molecule has 0 spiro atoms. The van der Waals surface area contributed by atoms with Gasteiger partial charge in [0.25, 0.3) is 0 Å². The molecule has 7 aromatic rings. The zero-order valence-electron chi connectivity index (χ0n) is 25.6. The molecule has 214 valence electrons. The predicted molar refractivity (Wildman–Crippen MR) is 187 cm³/mol. The van der Waals surface area contributed by atoms with Gasteiger partial charge in [-0.1, -0.05) is 113 Å². The molecule has 0 radical (unpaired) electrons. The highest BCUT2D eigenvalue weighted by Crippen LogP contribution is 2.59. The van der Waals surface area contributed by atoms with Crippen molar-refractivity contribution in [1.82, 2.24) is 4.57 Å². The molecule has 0 bridgehead atoms. The van der Waals surface area contributed by atoms with E-state index in [1.807, 2.05) is 13.8 Å². The first-order chi connectivity index (χ1) is 21.6. The molecule has 0 amide bonds. The molecule has 44 heavy (non-hydrogen) atoms. The molecule has 1 aromatic heterocycles. The summed E-state index contributed by atoms with van der Waals surface area (Å²) in [5.74, 6) is 0. The van der Waals surface area contributed by atoms with Crippen LogP contribution >= 0.6 is 0 Å². The van der Waals surface area contributed by atoms with Gasteiger partial charge in [-0.15, -0.1) is 0 Å². The van der Waals surface area contributed by atoms with Gasteiger partial charge in [-0.05, 0) is 65.7 Å². The Morgan fingerprint density at radius 3 is 1.82 bits per heavy atom. The maximum absolute atomic E-state index is 2.53. The molecule has 0 saturated carbocycles. The highest BCUT2D eigenvalue weighted by atomic mass is 15.2. The van der Waals surface area contributed by atoms with Crippen molar-refractivity contribution in [2.75, 3.05) is 9.80 Å². The third-order valence-electron chi connectivity index (χ3n) is 9.23. The predicted octanol–water partition coefficient (Wildman–Crippen LogP) is 11.7. The normalized spacial score (nSPS) is 13.6. The Kier molecular flexibility index (Phi) is 5.92. The average molecular weight is 570 g/mol. The van der Waals surface area contributed by atoms with Gasteiger partial charge in [0.05, 0.1) is 33.8 Å². The van der Waals surface area contributed by atoms with E-state index in [1.165, 1.54) is 55.7 Å². The third-order valence-corrected chi connectivity index (χ3v) is 9.23. The van der Waals surface area contributed by atoms with Crippen molar-refractivity contribution in [1.29, 1.82) is 0 Å². The highest BCUT2D eigenvalue weighted by molar-refractivity contribution is 6.18. The van der Waals surface area contributed by atoms with Crippen molar-refractivity contribution in [2.24, 2.45) is 0 Å². The smallest absolute Gasteiger partial charge is 0.0784 e. The Hall–Kier alpha value is -5.28. The van der Waals surface area contributed by atoms with Gasteiger partial charge in [0.2, 0.25) is 0 Å². The number of rotatable bonds is 3. The molecule has 0 fully saturated rings. The number of benzene rings is 6. The van der Waals surface area contributed by atoms with Gasteiger partial charge in [-0.2, -0.15) is 0 Å². The van der Waals surface area contributed by atoms with Gasteiger partial charge in [0.15, 0.2) is 0 Å². The molecule has 0 saturated heterocycles. The van der Waals surface area contributed by atoms with Crippen molar-refractivity contribution >= 4 is 55.9 Å². The summed E-state index contributed by atoms with van der Waals surface area (Å²) < 4.78 is 2.50. The number of para-hydroxylation sites is 5. The van der Waals surface area contributed by atoms with E-state index in [0.717, 1.165) is 17.1 Å². The maximum atomic E-state index is 2.53. The Bertz CT molecular complexity index is 2130. The molecule has 0 atom stereocenters. The lowest BCUT2D eigenvalue weighted by Gasteiger charge is -2.45. The first-order valence-corrected chi connectivity index (χ1v) is 15.6. The standard InChI is InChI=1S/C39H29N3.C2H6/c1-39(2)31-19-10-12-22-34(31)42-36-25-28(40(26-14-5-3-6-15-26)27-16-7-4-8-17-27)24-30-29-18-9-11-21-33(29)41(37(30)36)35-23-13-20-32(39)38(35)42;1-2/h3-25H,1-2H3;1-2H3. The van der Waals surface area contributed by atoms with E-state index < -0.39 is 0 Å². The van der Waals surface area contributed by atoms with Crippen LogP contribution in [0.3, 0.4) is 0 Å². The zero-order valence-corrected chi connectivity index (χ0v) is 25.6. The monoisotopic (exact) mass is 569 g/mol. The minimum absolute atomic E-state index is 0.129. The van der Waals surface area contributed by atoms with Crippen molar-refractivity contribution in [3.05, 3.63) is 151 Å². The van der Waals surface area contributed by atoms with Gasteiger partial charge in [-0.3, -0.25) is 0 Å². The number of hydrogen-bond donors (Lipinski definition) is 0. The SMILES string of the molecule is CC.CC1(C)c2ccccc2N2c3c(cccc31)-n1c3ccccc3c3cc(N(c4ccccc4)c4ccccc4)cc2c31. The average Bonchev–Trinajstić information content (AvgIpc) is 3.41. The van der Waals surface area contributed by atoms with Crippen LogP contribution in [0.15, 0.2) is 140 Å². The molecule has 3 nitrogen and oxygen atoms in total. The number of nitrogens with zero attached hydrogens (tertiary/aromatic N) is 3. The van der Waals surface area contributed by atoms with E-state index in [-0.39, 0.29) is 5.41 Å². The van der Waals surface area contributed by atoms with Crippen LogP contribution in [0, 0.1) is 0 Å². The Labute approximate surface area is 259 Å². The maximum Gasteiger partial charge on any atom is 0.0784 e. The van der Waals surface area contributed by atoms with Crippen molar-refractivity contribution in [3.63, 3.8) is 0 Å². The minimum Gasteiger partial charge on any atom is -0.310 e. The third kappa shape index (κ3) is 3.56. The number of aromatic nitrogens is 1. The number of anilines is 6. The van der Waals surface area contributed by atoms with Crippen LogP contribution in [-0.4, -0.2) is 4.57 Å². The second-order valence-corrected chi connectivity index (χ2v) is 11.9. The second-order valence-electron chi connectivity index (χ2n) is 11.9. The summed E-state index contributed by atoms with van der Waals surface area (Å²) >= 11 is 0. The number of hydrogen-bond acceptors (Lipinski definition) is 2. The first-order valence-electron chi connectivity index (χ1n) is 15.6. The lowest BCUT2D eigenvalue weighted by atomic mass is 9.73. The summed E-state index contributed by atoms with van der Waals surface area (Å²) in [7, 11) is 0. The van der Waals surface area contributed by atoms with Crippen LogP contribution in [-0.2, 0) is 5.41 Å². The van der Waals surface area contributed by atoms with Gasteiger partial charge in [0, 0.05) is 33.2 Å². The van der Waals surface area contributed by atoms with Crippen LogP contribution in [0.4, 0.5) is 34.1 Å². The van der Waals surface area contributed by atoms with E-state index in [2.05, 4.69) is 168 Å². The van der Waals surface area contributed by atoms with E-state index >= 15 is 0 Å². The Morgan fingerprint density at radius 2 is 1.09 bits per heavy atom. The van der Waals surface area contributed by atoms with Crippen LogP contribution in [0.1, 0.15) is 38.8 Å². The lowest BCUT2D eigenvalue weighted by Crippen LogP contribution is -2.33. The fourth-order valence-corrected chi connectivity index (χ4v) is 7.38. The van der Waals surface area contributed by atoms with Gasteiger partial charge >= 0.3 is 0 Å². The first kappa shape index (κ1) is 26.4. The van der Waals surface area contributed by atoms with Crippen molar-refractivity contribution in [3.8, 4) is 5.69 Å². The fourth-order valence-electron chi connectivity index (χ4n) is 7.38. The summed E-state index contributed by atoms with van der Waals surface area (Å²) in [6.45, 7) is 8.72. The van der Waals surface area contributed by atoms with E-state index in [0.29, 0.717) is 0 Å². The van der Waals surface area contributed by atoms with Gasteiger partial charge < -0.3 is 14.4 Å². The Balaban J connectivity index is 0.00000142.